The minimum atomic E-state index is -0.785. The van der Waals surface area contributed by atoms with Gasteiger partial charge < -0.3 is 30.2 Å². The summed E-state index contributed by atoms with van der Waals surface area (Å²) < 4.78 is 15.8. The van der Waals surface area contributed by atoms with E-state index in [2.05, 4.69) is 16.0 Å². The predicted molar refractivity (Wildman–Crippen MR) is 125 cm³/mol. The molecule has 10 nitrogen and oxygen atoms in total. The van der Waals surface area contributed by atoms with Crippen LogP contribution in [0, 0.1) is 0 Å². The molecule has 0 saturated carbocycles. The number of rotatable bonds is 10. The van der Waals surface area contributed by atoms with Gasteiger partial charge >= 0.3 is 18.0 Å². The van der Waals surface area contributed by atoms with Crippen LogP contribution in [0.5, 0.6) is 5.75 Å². The maximum absolute atomic E-state index is 12.7. The van der Waals surface area contributed by atoms with Crippen molar-refractivity contribution in [2.45, 2.75) is 19.9 Å². The number of nitrogens with one attached hydrogen (secondary N) is 3. The van der Waals surface area contributed by atoms with Crippen LogP contribution in [0.1, 0.15) is 35.8 Å². The van der Waals surface area contributed by atoms with E-state index in [1.165, 1.54) is 0 Å². The fraction of sp³-hybridized carbons (Fsp3) is 0.280. The van der Waals surface area contributed by atoms with Gasteiger partial charge in [-0.25, -0.2) is 9.59 Å². The first kappa shape index (κ1) is 25.3. The molecule has 0 radical (unpaired) electrons. The summed E-state index contributed by atoms with van der Waals surface area (Å²) in [4.78, 5) is 49.8. The third kappa shape index (κ3) is 6.59. The molecule has 0 aliphatic carbocycles. The summed E-state index contributed by atoms with van der Waals surface area (Å²) in [5.74, 6) is -1.51. The van der Waals surface area contributed by atoms with Crippen molar-refractivity contribution in [3.8, 4) is 5.75 Å². The number of amides is 3. The van der Waals surface area contributed by atoms with Crippen LogP contribution in [0.15, 0.2) is 65.9 Å². The van der Waals surface area contributed by atoms with Crippen LogP contribution in [0.4, 0.5) is 4.79 Å². The van der Waals surface area contributed by atoms with E-state index in [9.17, 15) is 19.2 Å². The van der Waals surface area contributed by atoms with Crippen LogP contribution in [0.25, 0.3) is 0 Å². The molecule has 0 saturated heterocycles. The lowest BCUT2D eigenvalue weighted by Gasteiger charge is -2.29. The Labute approximate surface area is 202 Å². The molecule has 10 heteroatoms. The number of carbonyl (C=O) groups excluding carboxylic acids is 4. The summed E-state index contributed by atoms with van der Waals surface area (Å²) in [6.45, 7) is 3.16. The highest BCUT2D eigenvalue weighted by molar-refractivity contribution is 5.98. The van der Waals surface area contributed by atoms with Crippen LogP contribution in [-0.2, 0) is 19.1 Å². The van der Waals surface area contributed by atoms with Crippen molar-refractivity contribution in [3.05, 3.63) is 77.0 Å². The summed E-state index contributed by atoms with van der Waals surface area (Å²) in [5, 5.41) is 7.70. The standard InChI is InChI=1S/C25H27N3O7/c1-3-33-19-13-9-8-12-17(19)23(30)26-14-20(29)35-15-18-21(24(31)34-4-2)22(28-25(32)27-18)16-10-6-5-7-11-16/h5-13,22H,3-4,14-15H2,1-2H3,(H,26,30)(H2,27,28,32). The second kappa shape index (κ2) is 12.2. The molecule has 0 spiro atoms. The maximum atomic E-state index is 12.7. The van der Waals surface area contributed by atoms with E-state index in [0.717, 1.165) is 0 Å². The molecule has 2 aromatic carbocycles. The normalized spacial score (nSPS) is 14.9. The van der Waals surface area contributed by atoms with Gasteiger partial charge in [0.05, 0.1) is 36.1 Å². The summed E-state index contributed by atoms with van der Waals surface area (Å²) in [6, 6.07) is 14.2. The van der Waals surface area contributed by atoms with Gasteiger partial charge in [0.15, 0.2) is 0 Å². The van der Waals surface area contributed by atoms with E-state index < -0.39 is 43.1 Å². The van der Waals surface area contributed by atoms with Crippen LogP contribution in [-0.4, -0.2) is 50.2 Å². The molecule has 0 fully saturated rings. The molecule has 35 heavy (non-hydrogen) atoms. The number of ether oxygens (including phenoxy) is 3. The Morgan fingerprint density at radius 1 is 0.943 bits per heavy atom. The molecule has 3 N–H and O–H groups in total. The lowest BCUT2D eigenvalue weighted by molar-refractivity contribution is -0.142. The van der Waals surface area contributed by atoms with Crippen LogP contribution in [0.2, 0.25) is 0 Å². The third-order valence-corrected chi connectivity index (χ3v) is 4.98. The van der Waals surface area contributed by atoms with Crippen molar-refractivity contribution < 1.29 is 33.4 Å². The van der Waals surface area contributed by atoms with E-state index in [1.807, 2.05) is 6.07 Å². The first-order valence-electron chi connectivity index (χ1n) is 11.1. The smallest absolute Gasteiger partial charge is 0.338 e. The number of esters is 2. The first-order chi connectivity index (χ1) is 16.9. The molecular formula is C25H27N3O7. The minimum Gasteiger partial charge on any atom is -0.493 e. The fourth-order valence-electron chi connectivity index (χ4n) is 3.46. The second-order valence-electron chi connectivity index (χ2n) is 7.33. The Kier molecular flexibility index (Phi) is 8.82. The van der Waals surface area contributed by atoms with Crippen LogP contribution >= 0.6 is 0 Å². The maximum Gasteiger partial charge on any atom is 0.338 e. The van der Waals surface area contributed by atoms with Gasteiger partial charge in [-0.15, -0.1) is 0 Å². The third-order valence-electron chi connectivity index (χ3n) is 4.98. The topological polar surface area (TPSA) is 132 Å². The molecule has 1 aliphatic rings. The van der Waals surface area contributed by atoms with E-state index in [4.69, 9.17) is 14.2 Å². The largest absolute Gasteiger partial charge is 0.493 e. The van der Waals surface area contributed by atoms with Gasteiger partial charge in [-0.05, 0) is 31.5 Å². The fourth-order valence-corrected chi connectivity index (χ4v) is 3.46. The Balaban J connectivity index is 1.70. The molecule has 0 bridgehead atoms. The zero-order valence-corrected chi connectivity index (χ0v) is 19.5. The molecule has 1 heterocycles. The van der Waals surface area contributed by atoms with Crippen molar-refractivity contribution in [2.75, 3.05) is 26.4 Å². The van der Waals surface area contributed by atoms with Crippen molar-refractivity contribution in [3.63, 3.8) is 0 Å². The molecule has 184 valence electrons. The highest BCUT2D eigenvalue weighted by Gasteiger charge is 2.34. The van der Waals surface area contributed by atoms with Crippen molar-refractivity contribution >= 4 is 23.9 Å². The minimum absolute atomic E-state index is 0.0995. The SMILES string of the molecule is CCOC(=O)C1=C(COC(=O)CNC(=O)c2ccccc2OCC)NC(=O)NC1c1ccccc1. The second-order valence-corrected chi connectivity index (χ2v) is 7.33. The molecular weight excluding hydrogens is 454 g/mol. The van der Waals surface area contributed by atoms with Crippen molar-refractivity contribution in [2.24, 2.45) is 0 Å². The number of para-hydroxylation sites is 1. The number of hydrogen-bond donors (Lipinski definition) is 3. The van der Waals surface area contributed by atoms with Gasteiger partial charge in [0.2, 0.25) is 0 Å². The van der Waals surface area contributed by atoms with E-state index in [-0.39, 0.29) is 23.4 Å². The Hall–Kier alpha value is -4.34. The average molecular weight is 482 g/mol. The van der Waals surface area contributed by atoms with Gasteiger partial charge in [-0.3, -0.25) is 9.59 Å². The lowest BCUT2D eigenvalue weighted by atomic mass is 9.95. The highest BCUT2D eigenvalue weighted by atomic mass is 16.5. The monoisotopic (exact) mass is 481 g/mol. The van der Waals surface area contributed by atoms with Gasteiger partial charge in [-0.2, -0.15) is 0 Å². The molecule has 1 unspecified atom stereocenters. The molecule has 1 atom stereocenters. The molecule has 3 rings (SSSR count). The summed E-state index contributed by atoms with van der Waals surface area (Å²) in [5.41, 5.74) is 1.17. The van der Waals surface area contributed by atoms with Crippen LogP contribution in [0.3, 0.4) is 0 Å². The first-order valence-corrected chi connectivity index (χ1v) is 11.1. The quantitative estimate of drug-likeness (QED) is 0.443. The zero-order valence-electron chi connectivity index (χ0n) is 19.5. The van der Waals surface area contributed by atoms with Gasteiger partial charge in [0.25, 0.3) is 5.91 Å². The highest BCUT2D eigenvalue weighted by Crippen LogP contribution is 2.27. The van der Waals surface area contributed by atoms with Gasteiger partial charge in [0.1, 0.15) is 18.9 Å². The molecule has 0 aromatic heterocycles. The predicted octanol–water partition coefficient (Wildman–Crippen LogP) is 2.23. The lowest BCUT2D eigenvalue weighted by Crippen LogP contribution is -2.47. The Morgan fingerprint density at radius 3 is 2.37 bits per heavy atom. The van der Waals surface area contributed by atoms with Crippen molar-refractivity contribution in [1.82, 2.24) is 16.0 Å². The molecule has 3 amide bonds. The average Bonchev–Trinajstić information content (AvgIpc) is 2.86. The summed E-state index contributed by atoms with van der Waals surface area (Å²) >= 11 is 0. The molecule has 2 aromatic rings. The summed E-state index contributed by atoms with van der Waals surface area (Å²) in [7, 11) is 0. The van der Waals surface area contributed by atoms with Gasteiger partial charge in [0, 0.05) is 0 Å². The van der Waals surface area contributed by atoms with E-state index in [1.54, 1.807) is 62.4 Å². The number of benzene rings is 2. The molecule has 1 aliphatic heterocycles. The van der Waals surface area contributed by atoms with E-state index in [0.29, 0.717) is 17.9 Å². The zero-order chi connectivity index (χ0) is 25.2. The number of hydrogen-bond acceptors (Lipinski definition) is 7. The Morgan fingerprint density at radius 2 is 1.66 bits per heavy atom. The summed E-state index contributed by atoms with van der Waals surface area (Å²) in [6.07, 6.45) is 0. The number of carbonyl (C=O) groups is 4. The number of urea groups is 1. The van der Waals surface area contributed by atoms with Gasteiger partial charge in [-0.1, -0.05) is 42.5 Å². The van der Waals surface area contributed by atoms with Crippen LogP contribution < -0.4 is 20.7 Å². The Bertz CT molecular complexity index is 1120. The van der Waals surface area contributed by atoms with Crippen molar-refractivity contribution in [1.29, 1.82) is 0 Å². The van der Waals surface area contributed by atoms with E-state index >= 15 is 0 Å².